The van der Waals surface area contributed by atoms with Crippen LogP contribution in [0.4, 0.5) is 5.69 Å². The Balaban J connectivity index is 3.19. The maximum atomic E-state index is 9.80. The molecule has 1 rings (SSSR count). The fraction of sp³-hybridized carbons (Fsp3) is 0. The molecule has 0 heterocycles. The lowest BCUT2D eigenvalue weighted by Gasteiger charge is -1.94. The lowest BCUT2D eigenvalue weighted by Crippen LogP contribution is -1.67. The number of phenolic OH excluding ortho intramolecular Hbond substituents is 1. The third kappa shape index (κ3) is 1.80. The van der Waals surface area contributed by atoms with E-state index in [1.54, 1.807) is 0 Å². The highest BCUT2D eigenvalue weighted by molar-refractivity contribution is 6.33. The second kappa shape index (κ2) is 3.19. The summed E-state index contributed by atoms with van der Waals surface area (Å²) in [5, 5.41) is 9.11. The minimum Gasteiger partial charge on any atom is -0.508 e. The summed E-state index contributed by atoms with van der Waals surface area (Å²) >= 11 is 5.58. The Morgan fingerprint density at radius 2 is 2.27 bits per heavy atom. The second-order valence-electron chi connectivity index (χ2n) is 1.84. The second-order valence-corrected chi connectivity index (χ2v) is 2.25. The summed E-state index contributed by atoms with van der Waals surface area (Å²) in [6.07, 6.45) is 1.35. The summed E-state index contributed by atoms with van der Waals surface area (Å²) in [5.74, 6) is 0.0415. The SMILES string of the molecule is O=C=Nc1ccc(O)cc1Cl. The van der Waals surface area contributed by atoms with Crippen LogP contribution < -0.4 is 0 Å². The van der Waals surface area contributed by atoms with Gasteiger partial charge in [-0.05, 0) is 12.1 Å². The Labute approximate surface area is 68.0 Å². The molecule has 4 heteroatoms. The molecule has 0 radical (unpaired) electrons. The van der Waals surface area contributed by atoms with Crippen LogP contribution in [0, 0.1) is 0 Å². The van der Waals surface area contributed by atoms with E-state index in [0.717, 1.165) is 0 Å². The van der Waals surface area contributed by atoms with Crippen molar-refractivity contribution in [2.45, 2.75) is 0 Å². The molecule has 0 spiro atoms. The summed E-state index contributed by atoms with van der Waals surface area (Å²) in [6.45, 7) is 0. The van der Waals surface area contributed by atoms with E-state index in [9.17, 15) is 4.79 Å². The average molecular weight is 170 g/mol. The van der Waals surface area contributed by atoms with E-state index in [1.165, 1.54) is 24.3 Å². The van der Waals surface area contributed by atoms with Gasteiger partial charge in [0.1, 0.15) is 5.75 Å². The molecule has 0 saturated carbocycles. The van der Waals surface area contributed by atoms with Gasteiger partial charge >= 0.3 is 0 Å². The van der Waals surface area contributed by atoms with E-state index in [-0.39, 0.29) is 10.8 Å². The van der Waals surface area contributed by atoms with Crippen molar-refractivity contribution in [1.29, 1.82) is 0 Å². The molecule has 0 unspecified atom stereocenters. The number of carbonyl (C=O) groups excluding carboxylic acids is 1. The predicted molar refractivity (Wildman–Crippen MR) is 40.9 cm³/mol. The molecule has 1 aromatic carbocycles. The fourth-order valence-corrected chi connectivity index (χ4v) is 0.853. The molecule has 0 saturated heterocycles. The minimum absolute atomic E-state index is 0.0415. The Kier molecular flexibility index (Phi) is 2.26. The van der Waals surface area contributed by atoms with Gasteiger partial charge in [0, 0.05) is 6.07 Å². The first-order chi connectivity index (χ1) is 5.24. The van der Waals surface area contributed by atoms with Gasteiger partial charge in [0.25, 0.3) is 0 Å². The molecule has 0 aliphatic carbocycles. The third-order valence-corrected chi connectivity index (χ3v) is 1.40. The number of nitrogens with zero attached hydrogens (tertiary/aromatic N) is 1. The summed E-state index contributed by atoms with van der Waals surface area (Å²) in [4.78, 5) is 13.1. The first-order valence-electron chi connectivity index (χ1n) is 2.80. The largest absolute Gasteiger partial charge is 0.508 e. The van der Waals surface area contributed by atoms with E-state index in [2.05, 4.69) is 4.99 Å². The van der Waals surface area contributed by atoms with Crippen LogP contribution in [0.1, 0.15) is 0 Å². The summed E-state index contributed by atoms with van der Waals surface area (Å²) in [6, 6.07) is 4.13. The first-order valence-corrected chi connectivity index (χ1v) is 3.18. The molecule has 11 heavy (non-hydrogen) atoms. The van der Waals surface area contributed by atoms with Gasteiger partial charge in [0.05, 0.1) is 10.7 Å². The number of aliphatic imine (C=N–C) groups is 1. The maximum Gasteiger partial charge on any atom is 0.240 e. The molecule has 1 aromatic rings. The number of benzene rings is 1. The van der Waals surface area contributed by atoms with E-state index < -0.39 is 0 Å². The monoisotopic (exact) mass is 169 g/mol. The highest BCUT2D eigenvalue weighted by Crippen LogP contribution is 2.27. The van der Waals surface area contributed by atoms with E-state index in [0.29, 0.717) is 5.69 Å². The van der Waals surface area contributed by atoms with Crippen molar-refractivity contribution >= 4 is 23.4 Å². The first kappa shape index (κ1) is 7.79. The quantitative estimate of drug-likeness (QED) is 0.517. The van der Waals surface area contributed by atoms with Gasteiger partial charge in [-0.15, -0.1) is 0 Å². The normalized spacial score (nSPS) is 8.82. The number of rotatable bonds is 1. The summed E-state index contributed by atoms with van der Waals surface area (Å²) < 4.78 is 0. The van der Waals surface area contributed by atoms with Crippen LogP contribution >= 0.6 is 11.6 Å². The van der Waals surface area contributed by atoms with Crippen molar-refractivity contribution in [3.8, 4) is 5.75 Å². The van der Waals surface area contributed by atoms with E-state index >= 15 is 0 Å². The molecular weight excluding hydrogens is 166 g/mol. The van der Waals surface area contributed by atoms with Crippen molar-refractivity contribution < 1.29 is 9.90 Å². The standard InChI is InChI=1S/C7H4ClNO2/c8-6-3-5(11)1-2-7(6)9-4-10/h1-3,11H. The minimum atomic E-state index is 0.0415. The maximum absolute atomic E-state index is 9.80. The molecule has 0 bridgehead atoms. The molecule has 56 valence electrons. The number of isocyanates is 1. The molecule has 0 aromatic heterocycles. The Bertz CT molecular complexity index is 318. The topological polar surface area (TPSA) is 49.7 Å². The zero-order valence-electron chi connectivity index (χ0n) is 5.41. The van der Waals surface area contributed by atoms with Crippen LogP contribution in [-0.4, -0.2) is 11.2 Å². The number of aromatic hydroxyl groups is 1. The van der Waals surface area contributed by atoms with Gasteiger partial charge < -0.3 is 5.11 Å². The van der Waals surface area contributed by atoms with Crippen LogP contribution in [0.25, 0.3) is 0 Å². The summed E-state index contributed by atoms with van der Waals surface area (Å²) in [7, 11) is 0. The van der Waals surface area contributed by atoms with Crippen LogP contribution in [0.5, 0.6) is 5.75 Å². The zero-order chi connectivity index (χ0) is 8.27. The van der Waals surface area contributed by atoms with Crippen LogP contribution in [0.15, 0.2) is 23.2 Å². The molecule has 0 fully saturated rings. The molecular formula is C7H4ClNO2. The third-order valence-electron chi connectivity index (χ3n) is 1.10. The predicted octanol–water partition coefficient (Wildman–Crippen LogP) is 2.01. The lowest BCUT2D eigenvalue weighted by molar-refractivity contribution is 0.475. The highest BCUT2D eigenvalue weighted by atomic mass is 35.5. The Morgan fingerprint density at radius 1 is 1.55 bits per heavy atom. The molecule has 0 amide bonds. The Hall–Kier alpha value is -1.31. The van der Waals surface area contributed by atoms with Crippen molar-refractivity contribution in [1.82, 2.24) is 0 Å². The van der Waals surface area contributed by atoms with Gasteiger partial charge in [0.15, 0.2) is 0 Å². The van der Waals surface area contributed by atoms with Gasteiger partial charge in [-0.2, -0.15) is 4.99 Å². The van der Waals surface area contributed by atoms with Gasteiger partial charge in [-0.25, -0.2) is 4.79 Å². The number of hydrogen-bond donors (Lipinski definition) is 1. The lowest BCUT2D eigenvalue weighted by atomic mass is 10.3. The molecule has 1 N–H and O–H groups in total. The summed E-state index contributed by atoms with van der Waals surface area (Å²) in [5.41, 5.74) is 0.305. The number of phenols is 1. The zero-order valence-corrected chi connectivity index (χ0v) is 6.17. The van der Waals surface area contributed by atoms with Crippen molar-refractivity contribution in [2.75, 3.05) is 0 Å². The van der Waals surface area contributed by atoms with Gasteiger partial charge in [-0.1, -0.05) is 11.6 Å². The smallest absolute Gasteiger partial charge is 0.240 e. The molecule has 0 aliphatic heterocycles. The molecule has 0 aliphatic rings. The Morgan fingerprint density at radius 3 is 2.82 bits per heavy atom. The van der Waals surface area contributed by atoms with Crippen molar-refractivity contribution in [3.63, 3.8) is 0 Å². The van der Waals surface area contributed by atoms with E-state index in [1.807, 2.05) is 0 Å². The van der Waals surface area contributed by atoms with Crippen LogP contribution in [0.3, 0.4) is 0 Å². The highest BCUT2D eigenvalue weighted by Gasteiger charge is 1.98. The van der Waals surface area contributed by atoms with Crippen molar-refractivity contribution in [2.24, 2.45) is 4.99 Å². The van der Waals surface area contributed by atoms with E-state index in [4.69, 9.17) is 16.7 Å². The van der Waals surface area contributed by atoms with Crippen LogP contribution in [0.2, 0.25) is 5.02 Å². The van der Waals surface area contributed by atoms with Gasteiger partial charge in [-0.3, -0.25) is 0 Å². The number of halogens is 1. The average Bonchev–Trinajstić information content (AvgIpc) is 1.95. The number of hydrogen-bond acceptors (Lipinski definition) is 3. The van der Waals surface area contributed by atoms with Gasteiger partial charge in [0.2, 0.25) is 6.08 Å². The van der Waals surface area contributed by atoms with Crippen LogP contribution in [-0.2, 0) is 4.79 Å². The van der Waals surface area contributed by atoms with Crippen molar-refractivity contribution in [3.05, 3.63) is 23.2 Å². The molecule has 0 atom stereocenters. The molecule has 3 nitrogen and oxygen atoms in total. The fourth-order valence-electron chi connectivity index (χ4n) is 0.636.